The molecule has 166 valence electrons. The SMILES string of the molecule is CCOc1ccc(N2C(=O)C(O)=C(C(=O)c3cc4ccccc4o3)C2c2ccc(C)o2)cc1. The predicted molar refractivity (Wildman–Crippen MR) is 121 cm³/mol. The van der Waals surface area contributed by atoms with Crippen molar-refractivity contribution in [2.24, 2.45) is 0 Å². The number of carbonyl (C=O) groups excluding carboxylic acids is 2. The number of aryl methyl sites for hydroxylation is 1. The highest BCUT2D eigenvalue weighted by atomic mass is 16.5. The number of furan rings is 2. The number of para-hydroxylation sites is 1. The van der Waals surface area contributed by atoms with Gasteiger partial charge in [0, 0.05) is 11.1 Å². The van der Waals surface area contributed by atoms with Gasteiger partial charge in [0.15, 0.2) is 11.5 Å². The maximum absolute atomic E-state index is 13.5. The van der Waals surface area contributed by atoms with Crippen LogP contribution in [-0.4, -0.2) is 23.4 Å². The van der Waals surface area contributed by atoms with Gasteiger partial charge >= 0.3 is 0 Å². The molecule has 1 amide bonds. The molecule has 33 heavy (non-hydrogen) atoms. The first kappa shape index (κ1) is 20.6. The minimum atomic E-state index is -0.954. The molecule has 0 fully saturated rings. The molecular weight excluding hydrogens is 422 g/mol. The number of amides is 1. The molecule has 4 aromatic rings. The Hall–Kier alpha value is -4.26. The summed E-state index contributed by atoms with van der Waals surface area (Å²) in [6, 6.07) is 18.2. The standard InChI is InChI=1S/C26H21NO6/c1-3-31-18-11-9-17(10-12-18)27-23(20-13-8-15(2)32-20)22(25(29)26(27)30)24(28)21-14-16-6-4-5-7-19(16)33-21/h4-14,23,29H,3H2,1-2H3. The summed E-state index contributed by atoms with van der Waals surface area (Å²) in [7, 11) is 0. The molecule has 1 atom stereocenters. The molecule has 2 aromatic carbocycles. The zero-order valence-corrected chi connectivity index (χ0v) is 18.1. The summed E-state index contributed by atoms with van der Waals surface area (Å²) in [4.78, 5) is 28.1. The molecule has 2 aromatic heterocycles. The second kappa shape index (κ2) is 8.02. The fraction of sp³-hybridized carbons (Fsp3) is 0.154. The summed E-state index contributed by atoms with van der Waals surface area (Å²) >= 11 is 0. The molecule has 1 aliphatic heterocycles. The van der Waals surface area contributed by atoms with Gasteiger partial charge in [0.1, 0.15) is 28.9 Å². The van der Waals surface area contributed by atoms with Crippen molar-refractivity contribution in [3.05, 3.63) is 95.3 Å². The normalized spacial score (nSPS) is 16.1. The van der Waals surface area contributed by atoms with Crippen LogP contribution in [0.4, 0.5) is 5.69 Å². The number of fused-ring (bicyclic) bond motifs is 1. The van der Waals surface area contributed by atoms with Gasteiger partial charge in [-0.1, -0.05) is 18.2 Å². The largest absolute Gasteiger partial charge is 0.503 e. The van der Waals surface area contributed by atoms with Gasteiger partial charge in [0.05, 0.1) is 12.2 Å². The summed E-state index contributed by atoms with van der Waals surface area (Å²) in [6.45, 7) is 4.16. The van der Waals surface area contributed by atoms with Crippen molar-refractivity contribution in [1.29, 1.82) is 0 Å². The van der Waals surface area contributed by atoms with Crippen molar-refractivity contribution >= 4 is 28.3 Å². The van der Waals surface area contributed by atoms with Gasteiger partial charge in [-0.05, 0) is 62.4 Å². The van der Waals surface area contributed by atoms with E-state index in [1.807, 2.05) is 19.1 Å². The van der Waals surface area contributed by atoms with Crippen LogP contribution in [0.3, 0.4) is 0 Å². The summed E-state index contributed by atoms with van der Waals surface area (Å²) in [5.41, 5.74) is 0.933. The minimum Gasteiger partial charge on any atom is -0.503 e. The quantitative estimate of drug-likeness (QED) is 0.395. The molecule has 1 N–H and O–H groups in total. The fourth-order valence-corrected chi connectivity index (χ4v) is 4.07. The number of ketones is 1. The Morgan fingerprint density at radius 3 is 2.48 bits per heavy atom. The summed E-state index contributed by atoms with van der Waals surface area (Å²) < 4.78 is 17.0. The van der Waals surface area contributed by atoms with E-state index in [1.165, 1.54) is 4.90 Å². The number of hydrogen-bond donors (Lipinski definition) is 1. The monoisotopic (exact) mass is 443 g/mol. The number of aliphatic hydroxyl groups is 1. The zero-order valence-electron chi connectivity index (χ0n) is 18.1. The van der Waals surface area contributed by atoms with Crippen molar-refractivity contribution in [1.82, 2.24) is 0 Å². The number of carbonyl (C=O) groups is 2. The maximum atomic E-state index is 13.5. The summed E-state index contributed by atoms with van der Waals surface area (Å²) in [5, 5.41) is 11.6. The number of rotatable bonds is 6. The Bertz CT molecular complexity index is 1360. The van der Waals surface area contributed by atoms with Crippen LogP contribution >= 0.6 is 0 Å². The fourth-order valence-electron chi connectivity index (χ4n) is 4.07. The third kappa shape index (κ3) is 3.47. The van der Waals surface area contributed by atoms with Gasteiger partial charge < -0.3 is 18.7 Å². The first-order valence-corrected chi connectivity index (χ1v) is 10.6. The Morgan fingerprint density at radius 2 is 1.82 bits per heavy atom. The number of aliphatic hydroxyl groups excluding tert-OH is 1. The molecule has 0 saturated carbocycles. The average molecular weight is 443 g/mol. The van der Waals surface area contributed by atoms with E-state index in [1.54, 1.807) is 61.5 Å². The van der Waals surface area contributed by atoms with Crippen molar-refractivity contribution in [2.75, 3.05) is 11.5 Å². The van der Waals surface area contributed by atoms with E-state index in [2.05, 4.69) is 0 Å². The summed E-state index contributed by atoms with van der Waals surface area (Å²) in [6.07, 6.45) is 0. The van der Waals surface area contributed by atoms with Gasteiger partial charge in [-0.2, -0.15) is 0 Å². The molecule has 0 radical (unpaired) electrons. The highest BCUT2D eigenvalue weighted by molar-refractivity contribution is 6.20. The Balaban J connectivity index is 1.61. The molecule has 7 nitrogen and oxygen atoms in total. The lowest BCUT2D eigenvalue weighted by Gasteiger charge is -2.25. The lowest BCUT2D eigenvalue weighted by molar-refractivity contribution is -0.117. The van der Waals surface area contributed by atoms with Gasteiger partial charge in [-0.15, -0.1) is 0 Å². The lowest BCUT2D eigenvalue weighted by atomic mass is 9.99. The molecule has 0 aliphatic carbocycles. The molecule has 0 bridgehead atoms. The second-order valence-electron chi connectivity index (χ2n) is 7.69. The highest BCUT2D eigenvalue weighted by Crippen LogP contribution is 2.43. The number of ether oxygens (including phenoxy) is 1. The zero-order chi connectivity index (χ0) is 23.1. The van der Waals surface area contributed by atoms with Gasteiger partial charge in [0.2, 0.25) is 5.78 Å². The highest BCUT2D eigenvalue weighted by Gasteiger charge is 2.46. The first-order chi connectivity index (χ1) is 16.0. The minimum absolute atomic E-state index is 0.0346. The number of Topliss-reactive ketones (excluding diaryl/α,β-unsaturated/α-hetero) is 1. The van der Waals surface area contributed by atoms with E-state index in [4.69, 9.17) is 13.6 Å². The second-order valence-corrected chi connectivity index (χ2v) is 7.69. The van der Waals surface area contributed by atoms with Crippen LogP contribution in [0.5, 0.6) is 5.75 Å². The van der Waals surface area contributed by atoms with Gasteiger partial charge in [-0.3, -0.25) is 14.5 Å². The first-order valence-electron chi connectivity index (χ1n) is 10.6. The van der Waals surface area contributed by atoms with E-state index < -0.39 is 23.5 Å². The van der Waals surface area contributed by atoms with E-state index in [0.717, 1.165) is 5.39 Å². The Kier molecular flexibility index (Phi) is 5.01. The van der Waals surface area contributed by atoms with Crippen molar-refractivity contribution in [2.45, 2.75) is 19.9 Å². The van der Waals surface area contributed by atoms with Gasteiger partial charge in [-0.25, -0.2) is 0 Å². The summed E-state index contributed by atoms with van der Waals surface area (Å²) in [5.74, 6) is -0.249. The van der Waals surface area contributed by atoms with Crippen molar-refractivity contribution in [3.8, 4) is 5.75 Å². The number of hydrogen-bond acceptors (Lipinski definition) is 6. The molecule has 0 saturated heterocycles. The van der Waals surface area contributed by atoms with E-state index >= 15 is 0 Å². The van der Waals surface area contributed by atoms with E-state index in [-0.39, 0.29) is 11.3 Å². The lowest BCUT2D eigenvalue weighted by Crippen LogP contribution is -2.30. The number of anilines is 1. The molecule has 5 rings (SSSR count). The van der Waals surface area contributed by atoms with Crippen LogP contribution in [0.2, 0.25) is 0 Å². The average Bonchev–Trinajstić information content (AvgIpc) is 3.51. The molecule has 1 unspecified atom stereocenters. The Morgan fingerprint density at radius 1 is 1.06 bits per heavy atom. The third-order valence-corrected chi connectivity index (χ3v) is 5.56. The smallest absolute Gasteiger partial charge is 0.294 e. The van der Waals surface area contributed by atoms with E-state index in [0.29, 0.717) is 35.1 Å². The van der Waals surface area contributed by atoms with Crippen LogP contribution < -0.4 is 9.64 Å². The van der Waals surface area contributed by atoms with Crippen LogP contribution in [0.15, 0.2) is 86.9 Å². The van der Waals surface area contributed by atoms with Crippen LogP contribution in [0.1, 0.15) is 35.0 Å². The molecule has 7 heteroatoms. The predicted octanol–water partition coefficient (Wildman–Crippen LogP) is 5.52. The third-order valence-electron chi connectivity index (χ3n) is 5.56. The van der Waals surface area contributed by atoms with Crippen molar-refractivity contribution in [3.63, 3.8) is 0 Å². The van der Waals surface area contributed by atoms with Gasteiger partial charge in [0.25, 0.3) is 5.91 Å². The van der Waals surface area contributed by atoms with Crippen LogP contribution in [0, 0.1) is 6.92 Å². The Labute approximate surface area is 189 Å². The number of benzene rings is 2. The number of nitrogens with zero attached hydrogens (tertiary/aromatic N) is 1. The van der Waals surface area contributed by atoms with Crippen LogP contribution in [0.25, 0.3) is 11.0 Å². The van der Waals surface area contributed by atoms with Crippen LogP contribution in [-0.2, 0) is 4.79 Å². The topological polar surface area (TPSA) is 93.1 Å². The maximum Gasteiger partial charge on any atom is 0.294 e. The molecule has 3 heterocycles. The molecule has 0 spiro atoms. The van der Waals surface area contributed by atoms with Crippen molar-refractivity contribution < 1.29 is 28.3 Å². The molecule has 1 aliphatic rings. The molecular formula is C26H21NO6. The van der Waals surface area contributed by atoms with E-state index in [9.17, 15) is 14.7 Å².